The van der Waals surface area contributed by atoms with Crippen molar-refractivity contribution in [3.8, 4) is 0 Å². The van der Waals surface area contributed by atoms with E-state index in [9.17, 15) is 14.4 Å². The smallest absolute Gasteiger partial charge is 0.306 e. The molecular formula is C60H116O6. The molecule has 0 fully saturated rings. The van der Waals surface area contributed by atoms with Gasteiger partial charge in [-0.3, -0.25) is 14.4 Å². The molecule has 0 N–H and O–H groups in total. The second kappa shape index (κ2) is 56.0. The fourth-order valence-corrected chi connectivity index (χ4v) is 9.33. The Bertz CT molecular complexity index is 982. The van der Waals surface area contributed by atoms with Crippen LogP contribution in [0.15, 0.2) is 0 Å². The first-order chi connectivity index (χ1) is 32.5. The monoisotopic (exact) mass is 933 g/mol. The van der Waals surface area contributed by atoms with Gasteiger partial charge in [-0.25, -0.2) is 0 Å². The van der Waals surface area contributed by atoms with Gasteiger partial charge in [-0.2, -0.15) is 0 Å². The highest BCUT2D eigenvalue weighted by Crippen LogP contribution is 2.18. The first-order valence-corrected chi connectivity index (χ1v) is 30.0. The molecule has 0 amide bonds. The van der Waals surface area contributed by atoms with Crippen LogP contribution in [0.5, 0.6) is 0 Å². The number of hydrogen-bond acceptors (Lipinski definition) is 6. The van der Waals surface area contributed by atoms with Crippen LogP contribution in [-0.2, 0) is 28.6 Å². The third kappa shape index (κ3) is 53.4. The van der Waals surface area contributed by atoms with E-state index in [0.29, 0.717) is 19.3 Å². The molecule has 0 heterocycles. The Hall–Kier alpha value is -1.59. The lowest BCUT2D eigenvalue weighted by Gasteiger charge is -2.18. The fourth-order valence-electron chi connectivity index (χ4n) is 9.33. The summed E-state index contributed by atoms with van der Waals surface area (Å²) in [5.41, 5.74) is 0. The summed E-state index contributed by atoms with van der Waals surface area (Å²) in [5, 5.41) is 0. The van der Waals surface area contributed by atoms with Crippen molar-refractivity contribution in [2.45, 2.75) is 354 Å². The van der Waals surface area contributed by atoms with E-state index in [1.165, 1.54) is 250 Å². The van der Waals surface area contributed by atoms with Gasteiger partial charge < -0.3 is 14.2 Å². The zero-order valence-corrected chi connectivity index (χ0v) is 45.0. The Morgan fingerprint density at radius 3 is 0.606 bits per heavy atom. The Balaban J connectivity index is 4.24. The van der Waals surface area contributed by atoms with Crippen molar-refractivity contribution in [3.63, 3.8) is 0 Å². The van der Waals surface area contributed by atoms with Gasteiger partial charge in [0.1, 0.15) is 13.2 Å². The lowest BCUT2D eigenvalue weighted by molar-refractivity contribution is -0.167. The molecule has 0 aliphatic carbocycles. The van der Waals surface area contributed by atoms with E-state index in [2.05, 4.69) is 20.8 Å². The van der Waals surface area contributed by atoms with Crippen LogP contribution in [-0.4, -0.2) is 37.2 Å². The minimum atomic E-state index is -0.761. The van der Waals surface area contributed by atoms with Crippen molar-refractivity contribution in [2.24, 2.45) is 0 Å². The molecule has 0 saturated heterocycles. The van der Waals surface area contributed by atoms with Crippen molar-refractivity contribution >= 4 is 17.9 Å². The van der Waals surface area contributed by atoms with Crippen LogP contribution in [0.2, 0.25) is 0 Å². The second-order valence-electron chi connectivity index (χ2n) is 20.6. The normalized spacial score (nSPS) is 11.9. The third-order valence-electron chi connectivity index (χ3n) is 13.9. The first kappa shape index (κ1) is 64.4. The van der Waals surface area contributed by atoms with Crippen molar-refractivity contribution in [2.75, 3.05) is 13.2 Å². The minimum absolute atomic E-state index is 0.0610. The molecule has 0 radical (unpaired) electrons. The van der Waals surface area contributed by atoms with E-state index in [1.807, 2.05) is 0 Å². The molecule has 0 unspecified atom stereocenters. The molecule has 0 bridgehead atoms. The predicted molar refractivity (Wildman–Crippen MR) is 284 cm³/mol. The summed E-state index contributed by atoms with van der Waals surface area (Å²) < 4.78 is 16.9. The molecule has 392 valence electrons. The van der Waals surface area contributed by atoms with Crippen LogP contribution in [0, 0.1) is 0 Å². The number of ether oxygens (including phenoxy) is 3. The minimum Gasteiger partial charge on any atom is -0.462 e. The molecule has 6 nitrogen and oxygen atoms in total. The zero-order valence-electron chi connectivity index (χ0n) is 45.0. The fraction of sp³-hybridized carbons (Fsp3) is 0.950. The molecular weight excluding hydrogens is 817 g/mol. The van der Waals surface area contributed by atoms with Crippen LogP contribution in [0.25, 0.3) is 0 Å². The van der Waals surface area contributed by atoms with E-state index in [-0.39, 0.29) is 31.1 Å². The number of hydrogen-bond donors (Lipinski definition) is 0. The van der Waals surface area contributed by atoms with Gasteiger partial charge in [0.05, 0.1) is 0 Å². The van der Waals surface area contributed by atoms with E-state index < -0.39 is 6.10 Å². The molecule has 0 saturated carbocycles. The van der Waals surface area contributed by atoms with Gasteiger partial charge in [-0.15, -0.1) is 0 Å². The molecule has 0 aromatic rings. The van der Waals surface area contributed by atoms with Crippen LogP contribution in [0.3, 0.4) is 0 Å². The van der Waals surface area contributed by atoms with Crippen LogP contribution >= 0.6 is 0 Å². The number of carbonyl (C=O) groups excluding carboxylic acids is 3. The topological polar surface area (TPSA) is 78.9 Å². The van der Waals surface area contributed by atoms with Crippen molar-refractivity contribution in [1.82, 2.24) is 0 Å². The first-order valence-electron chi connectivity index (χ1n) is 30.0. The number of carbonyl (C=O) groups is 3. The van der Waals surface area contributed by atoms with E-state index in [4.69, 9.17) is 14.2 Å². The molecule has 6 heteroatoms. The summed E-state index contributed by atoms with van der Waals surface area (Å²) in [5.74, 6) is -0.831. The largest absolute Gasteiger partial charge is 0.462 e. The van der Waals surface area contributed by atoms with Crippen LogP contribution in [0.1, 0.15) is 348 Å². The Morgan fingerprint density at radius 2 is 0.409 bits per heavy atom. The lowest BCUT2D eigenvalue weighted by atomic mass is 10.0. The van der Waals surface area contributed by atoms with Gasteiger partial charge in [0.25, 0.3) is 0 Å². The average molecular weight is 934 g/mol. The van der Waals surface area contributed by atoms with E-state index >= 15 is 0 Å². The molecule has 0 aromatic carbocycles. The van der Waals surface area contributed by atoms with Gasteiger partial charge in [0, 0.05) is 19.3 Å². The summed E-state index contributed by atoms with van der Waals surface area (Å²) in [6.07, 6.45) is 62.4. The standard InChI is InChI=1S/C60H116O6/c1-4-7-10-13-16-19-22-25-27-28-29-30-31-32-34-36-39-42-45-48-51-54-60(63)66-57(55-64-58(61)52-49-46-43-40-37-24-21-18-15-12-9-6-3)56-65-59(62)53-50-47-44-41-38-35-33-26-23-20-17-14-11-8-5-2/h57H,4-56H2,1-3H3/t57-/m0/s1. The lowest BCUT2D eigenvalue weighted by Crippen LogP contribution is -2.30. The van der Waals surface area contributed by atoms with Gasteiger partial charge >= 0.3 is 17.9 Å². The summed E-state index contributed by atoms with van der Waals surface area (Å²) in [4.78, 5) is 38.1. The summed E-state index contributed by atoms with van der Waals surface area (Å²) in [6, 6.07) is 0. The van der Waals surface area contributed by atoms with Crippen molar-refractivity contribution in [3.05, 3.63) is 0 Å². The quantitative estimate of drug-likeness (QED) is 0.0343. The molecule has 1 atom stereocenters. The molecule has 66 heavy (non-hydrogen) atoms. The Labute approximate surface area is 412 Å². The Morgan fingerprint density at radius 1 is 0.242 bits per heavy atom. The van der Waals surface area contributed by atoms with Gasteiger partial charge in [0.15, 0.2) is 6.10 Å². The van der Waals surface area contributed by atoms with Gasteiger partial charge in [-0.05, 0) is 19.3 Å². The molecule has 0 rings (SSSR count). The molecule has 0 aliphatic rings. The third-order valence-corrected chi connectivity index (χ3v) is 13.9. The van der Waals surface area contributed by atoms with E-state index in [1.54, 1.807) is 0 Å². The van der Waals surface area contributed by atoms with Crippen molar-refractivity contribution in [1.29, 1.82) is 0 Å². The van der Waals surface area contributed by atoms with Crippen LogP contribution < -0.4 is 0 Å². The number of unbranched alkanes of at least 4 members (excludes halogenated alkanes) is 45. The maximum atomic E-state index is 12.9. The number of rotatable bonds is 56. The average Bonchev–Trinajstić information content (AvgIpc) is 3.31. The van der Waals surface area contributed by atoms with Crippen molar-refractivity contribution < 1.29 is 28.6 Å². The highest BCUT2D eigenvalue weighted by atomic mass is 16.6. The van der Waals surface area contributed by atoms with Gasteiger partial charge in [-0.1, -0.05) is 310 Å². The number of esters is 3. The van der Waals surface area contributed by atoms with Gasteiger partial charge in [0.2, 0.25) is 0 Å². The van der Waals surface area contributed by atoms with E-state index in [0.717, 1.165) is 57.8 Å². The molecule has 0 spiro atoms. The second-order valence-corrected chi connectivity index (χ2v) is 20.6. The summed E-state index contributed by atoms with van der Waals surface area (Å²) >= 11 is 0. The zero-order chi connectivity index (χ0) is 47.9. The maximum absolute atomic E-state index is 12.9. The Kier molecular flexibility index (Phi) is 54.7. The summed E-state index contributed by atoms with van der Waals surface area (Å²) in [7, 11) is 0. The molecule has 0 aliphatic heterocycles. The maximum Gasteiger partial charge on any atom is 0.306 e. The summed E-state index contributed by atoms with van der Waals surface area (Å²) in [6.45, 7) is 6.71. The highest BCUT2D eigenvalue weighted by Gasteiger charge is 2.19. The predicted octanol–water partition coefficient (Wildman–Crippen LogP) is 19.9. The SMILES string of the molecule is CCCCCCCCCCCCCCCCCCCCCCCC(=O)O[C@@H](COC(=O)CCCCCCCCCCCCCC)COC(=O)CCCCCCCCCCCCCCCCC. The molecule has 0 aromatic heterocycles. The highest BCUT2D eigenvalue weighted by molar-refractivity contribution is 5.71. The van der Waals surface area contributed by atoms with Crippen LogP contribution in [0.4, 0.5) is 0 Å².